The summed E-state index contributed by atoms with van der Waals surface area (Å²) in [6.45, 7) is 8.69. The highest BCUT2D eigenvalue weighted by Crippen LogP contribution is 2.40. The number of carbonyl (C=O) groups is 5. The zero-order valence-electron chi connectivity index (χ0n) is 28.8. The van der Waals surface area contributed by atoms with Crippen LogP contribution in [0.5, 0.6) is 5.75 Å². The minimum absolute atomic E-state index is 0.00925. The van der Waals surface area contributed by atoms with Crippen LogP contribution >= 0.6 is 11.8 Å². The number of amides is 5. The van der Waals surface area contributed by atoms with E-state index >= 15 is 0 Å². The summed E-state index contributed by atoms with van der Waals surface area (Å²) in [6, 6.07) is 18.1. The maximum atomic E-state index is 13.9. The summed E-state index contributed by atoms with van der Waals surface area (Å²) in [5.74, 6) is -2.30. The van der Waals surface area contributed by atoms with E-state index in [2.05, 4.69) is 16.0 Å². The highest BCUT2D eigenvalue weighted by atomic mass is 32.2. The lowest BCUT2D eigenvalue weighted by atomic mass is 9.96. The van der Waals surface area contributed by atoms with E-state index in [1.54, 1.807) is 42.5 Å². The van der Waals surface area contributed by atoms with E-state index in [4.69, 9.17) is 15.2 Å². The minimum atomic E-state index is -1.80. The minimum Gasteiger partial charge on any atom is -0.457 e. The van der Waals surface area contributed by atoms with Crippen molar-refractivity contribution in [2.24, 2.45) is 5.73 Å². The lowest BCUT2D eigenvalue weighted by molar-refractivity contribution is -0.148. The van der Waals surface area contributed by atoms with E-state index in [1.807, 2.05) is 65.0 Å². The second kappa shape index (κ2) is 16.3. The van der Waals surface area contributed by atoms with Crippen molar-refractivity contribution < 1.29 is 38.6 Å². The van der Waals surface area contributed by atoms with Gasteiger partial charge < -0.3 is 41.2 Å². The topological polar surface area (TPSA) is 189 Å². The highest BCUT2D eigenvalue weighted by Gasteiger charge is 2.50. The first-order valence-electron chi connectivity index (χ1n) is 16.2. The van der Waals surface area contributed by atoms with Gasteiger partial charge in [0.05, 0.1) is 18.3 Å². The summed E-state index contributed by atoms with van der Waals surface area (Å²) in [4.78, 5) is 66.9. The molecule has 0 aromatic heterocycles. The fraction of sp³-hybridized carbons (Fsp3) is 0.417. The third-order valence-electron chi connectivity index (χ3n) is 8.00. The van der Waals surface area contributed by atoms with Crippen molar-refractivity contribution in [3.8, 4) is 5.75 Å². The van der Waals surface area contributed by atoms with Crippen LogP contribution in [0.3, 0.4) is 0 Å². The molecular formula is C36H45N5O8S. The predicted molar refractivity (Wildman–Crippen MR) is 190 cm³/mol. The van der Waals surface area contributed by atoms with Crippen molar-refractivity contribution in [3.05, 3.63) is 78.4 Å². The first-order valence-corrected chi connectivity index (χ1v) is 17.2. The van der Waals surface area contributed by atoms with Crippen molar-refractivity contribution in [1.82, 2.24) is 20.9 Å². The maximum Gasteiger partial charge on any atom is 0.410 e. The fourth-order valence-corrected chi connectivity index (χ4v) is 6.79. The van der Waals surface area contributed by atoms with Crippen molar-refractivity contribution in [1.29, 1.82) is 0 Å². The molecular weight excluding hydrogens is 662 g/mol. The Hall–Kier alpha value is -4.82. The molecule has 4 atom stereocenters. The largest absolute Gasteiger partial charge is 0.457 e. The Morgan fingerprint density at radius 1 is 0.980 bits per heavy atom. The summed E-state index contributed by atoms with van der Waals surface area (Å²) < 4.78 is 10.1. The zero-order valence-corrected chi connectivity index (χ0v) is 29.6. The molecule has 0 saturated carbocycles. The number of thioether (sulfide) groups is 1. The summed E-state index contributed by atoms with van der Waals surface area (Å²) in [7, 11) is 0. The molecule has 6 N–H and O–H groups in total. The summed E-state index contributed by atoms with van der Waals surface area (Å²) >= 11 is 1.39. The molecule has 0 unspecified atom stereocenters. The number of aliphatic hydroxyl groups is 1. The number of hydrogen-bond acceptors (Lipinski definition) is 9. The number of nitrogens with zero attached hydrogens (tertiary/aromatic N) is 1. The predicted octanol–water partition coefficient (Wildman–Crippen LogP) is 2.83. The number of nitrogens with one attached hydrogen (secondary N) is 3. The summed E-state index contributed by atoms with van der Waals surface area (Å²) in [5.41, 5.74) is 5.53. The molecule has 5 amide bonds. The molecule has 1 saturated heterocycles. The molecule has 14 heteroatoms. The van der Waals surface area contributed by atoms with E-state index in [1.165, 1.54) is 16.7 Å². The van der Waals surface area contributed by atoms with Crippen LogP contribution in [0.2, 0.25) is 0 Å². The molecule has 3 aromatic rings. The molecule has 268 valence electrons. The molecule has 0 radical (unpaired) electrons. The van der Waals surface area contributed by atoms with Gasteiger partial charge in [0.2, 0.25) is 24.5 Å². The van der Waals surface area contributed by atoms with E-state index < -0.39 is 71.5 Å². The molecule has 4 rings (SSSR count). The normalized spacial score (nSPS) is 17.2. The Morgan fingerprint density at radius 3 is 2.32 bits per heavy atom. The molecule has 1 aliphatic rings. The average molecular weight is 708 g/mol. The zero-order chi connectivity index (χ0) is 36.6. The van der Waals surface area contributed by atoms with Crippen LogP contribution in [0.25, 0.3) is 10.8 Å². The number of fused-ring (bicyclic) bond motifs is 1. The van der Waals surface area contributed by atoms with Crippen molar-refractivity contribution in [2.75, 3.05) is 12.7 Å². The van der Waals surface area contributed by atoms with Gasteiger partial charge in [-0.25, -0.2) is 4.79 Å². The van der Waals surface area contributed by atoms with E-state index in [0.29, 0.717) is 11.3 Å². The van der Waals surface area contributed by atoms with Crippen LogP contribution in [0, 0.1) is 0 Å². The van der Waals surface area contributed by atoms with Crippen LogP contribution in [0.4, 0.5) is 4.79 Å². The fourth-order valence-electron chi connectivity index (χ4n) is 5.65. The Bertz CT molecular complexity index is 1690. The lowest BCUT2D eigenvalue weighted by Crippen LogP contribution is -2.61. The lowest BCUT2D eigenvalue weighted by Gasteiger charge is -2.35. The molecule has 0 aliphatic carbocycles. The van der Waals surface area contributed by atoms with Crippen LogP contribution in [-0.4, -0.2) is 86.9 Å². The second-order valence-corrected chi connectivity index (χ2v) is 15.2. The number of ether oxygens (including phenoxy) is 2. The van der Waals surface area contributed by atoms with Gasteiger partial charge in [-0.2, -0.15) is 0 Å². The van der Waals surface area contributed by atoms with E-state index in [9.17, 15) is 29.1 Å². The number of nitrogens with two attached hydrogens (primary N) is 1. The van der Waals surface area contributed by atoms with Gasteiger partial charge in [-0.3, -0.25) is 19.2 Å². The molecule has 50 heavy (non-hydrogen) atoms. The number of carbonyl (C=O) groups excluding carboxylic acids is 5. The number of benzene rings is 3. The van der Waals surface area contributed by atoms with Gasteiger partial charge >= 0.3 is 6.09 Å². The molecule has 3 aromatic carbocycles. The molecule has 1 aliphatic heterocycles. The van der Waals surface area contributed by atoms with Crippen molar-refractivity contribution in [3.63, 3.8) is 0 Å². The van der Waals surface area contributed by atoms with Crippen molar-refractivity contribution >= 4 is 52.3 Å². The molecule has 0 spiro atoms. The molecule has 13 nitrogen and oxygen atoms in total. The van der Waals surface area contributed by atoms with Gasteiger partial charge in [0.15, 0.2) is 6.10 Å². The van der Waals surface area contributed by atoms with Crippen LogP contribution in [0.1, 0.15) is 46.6 Å². The second-order valence-electron chi connectivity index (χ2n) is 13.6. The number of rotatable bonds is 13. The number of alkyl carbamates (subject to hydrolysis) is 1. The third-order valence-corrected chi connectivity index (χ3v) is 9.38. The Kier molecular flexibility index (Phi) is 12.4. The van der Waals surface area contributed by atoms with E-state index in [-0.39, 0.29) is 18.2 Å². The Balaban J connectivity index is 1.48. The molecule has 0 bridgehead atoms. The van der Waals surface area contributed by atoms with Gasteiger partial charge in [-0.05, 0) is 58.1 Å². The summed E-state index contributed by atoms with van der Waals surface area (Å²) in [5, 5.41) is 21.1. The summed E-state index contributed by atoms with van der Waals surface area (Å²) in [6.07, 6.45) is -3.45. The SMILES string of the molecule is CC(C)(C)NC(=O)[C@H]1N(C(=O)[C@@H](O)[C@H](Cc2ccccc2)NC(=O)[C@H](CC(N)=O)NC(=O)OCOc2cccc3ccccc23)CSC1(C)C. The number of primary amides is 1. The van der Waals surface area contributed by atoms with Crippen LogP contribution in [-0.2, 0) is 30.3 Å². The third kappa shape index (κ3) is 10.1. The van der Waals surface area contributed by atoms with Gasteiger partial charge in [-0.15, -0.1) is 11.8 Å². The van der Waals surface area contributed by atoms with Crippen LogP contribution in [0.15, 0.2) is 72.8 Å². The van der Waals surface area contributed by atoms with Crippen LogP contribution < -0.4 is 26.4 Å². The van der Waals surface area contributed by atoms with E-state index in [0.717, 1.165) is 10.8 Å². The van der Waals surface area contributed by atoms with Gasteiger partial charge in [0.25, 0.3) is 5.91 Å². The number of hydrogen-bond donors (Lipinski definition) is 5. The standard InChI is InChI=1S/C36H45N5O8S/c1-35(2,3)40-32(45)30-36(4,5)50-20-41(30)33(46)29(43)25(18-22-12-7-6-8-13-22)38-31(44)26(19-28(37)42)39-34(47)49-21-48-27-17-11-15-23-14-9-10-16-24(23)27/h6-17,25-26,29-30,43H,18-21H2,1-5H3,(H2,37,42)(H,38,44)(H,39,47)(H,40,45)/t25-,26-,29-,30+/m0/s1. The highest BCUT2D eigenvalue weighted by molar-refractivity contribution is 8.00. The Labute approximate surface area is 295 Å². The smallest absolute Gasteiger partial charge is 0.410 e. The Morgan fingerprint density at radius 2 is 1.64 bits per heavy atom. The quantitative estimate of drug-likeness (QED) is 0.166. The van der Waals surface area contributed by atoms with Crippen molar-refractivity contribution in [2.45, 2.75) is 82.0 Å². The average Bonchev–Trinajstić information content (AvgIpc) is 3.37. The van der Waals surface area contributed by atoms with Gasteiger partial charge in [0.1, 0.15) is 17.8 Å². The molecule has 1 fully saturated rings. The molecule has 1 heterocycles. The monoisotopic (exact) mass is 707 g/mol. The first kappa shape index (κ1) is 38.0. The number of aliphatic hydroxyl groups excluding tert-OH is 1. The first-order chi connectivity index (χ1) is 23.6. The van der Waals surface area contributed by atoms with Gasteiger partial charge in [-0.1, -0.05) is 66.7 Å². The van der Waals surface area contributed by atoms with Gasteiger partial charge in [0, 0.05) is 15.7 Å². The maximum absolute atomic E-state index is 13.9.